The maximum atomic E-state index is 3.68. The normalized spacial score (nSPS) is 23.7. The highest BCUT2D eigenvalue weighted by Gasteiger charge is 2.48. The predicted octanol–water partition coefficient (Wildman–Crippen LogP) is 4.89. The van der Waals surface area contributed by atoms with Crippen molar-refractivity contribution in [3.8, 4) is 0 Å². The Morgan fingerprint density at radius 2 is 1.00 bits per heavy atom. The van der Waals surface area contributed by atoms with Crippen molar-refractivity contribution in [1.29, 1.82) is 0 Å². The van der Waals surface area contributed by atoms with Gasteiger partial charge in [0.15, 0.2) is 0 Å². The summed E-state index contributed by atoms with van der Waals surface area (Å²) < 4.78 is 0. The molecule has 0 unspecified atom stereocenters. The van der Waals surface area contributed by atoms with E-state index in [4.69, 9.17) is 0 Å². The van der Waals surface area contributed by atoms with E-state index in [1.807, 2.05) is 0 Å². The average Bonchev–Trinajstić information content (AvgIpc) is 2.28. The molecule has 0 N–H and O–H groups in total. The van der Waals surface area contributed by atoms with Crippen molar-refractivity contribution in [3.63, 3.8) is 0 Å². The molecular formula is C10H14Br4. The first-order chi connectivity index (χ1) is 6.70. The van der Waals surface area contributed by atoms with Crippen molar-refractivity contribution in [2.45, 2.75) is 12.8 Å². The fourth-order valence-corrected chi connectivity index (χ4v) is 7.06. The average molecular weight is 454 g/mol. The Labute approximate surface area is 120 Å². The van der Waals surface area contributed by atoms with Crippen molar-refractivity contribution in [2.75, 3.05) is 21.3 Å². The zero-order valence-electron chi connectivity index (χ0n) is 7.91. The lowest BCUT2D eigenvalue weighted by Crippen LogP contribution is -2.48. The van der Waals surface area contributed by atoms with Crippen molar-refractivity contribution in [1.82, 2.24) is 0 Å². The Balaban J connectivity index is 3.04. The van der Waals surface area contributed by atoms with Crippen LogP contribution < -0.4 is 0 Å². The minimum atomic E-state index is 0.328. The third-order valence-corrected chi connectivity index (χ3v) is 7.63. The third kappa shape index (κ3) is 2.18. The number of hydrogen-bond donors (Lipinski definition) is 0. The van der Waals surface area contributed by atoms with Gasteiger partial charge in [0.1, 0.15) is 0 Å². The van der Waals surface area contributed by atoms with Crippen molar-refractivity contribution >= 4 is 63.7 Å². The lowest BCUT2D eigenvalue weighted by atomic mass is 9.62. The highest BCUT2D eigenvalue weighted by Crippen LogP contribution is 2.52. The van der Waals surface area contributed by atoms with E-state index < -0.39 is 0 Å². The van der Waals surface area contributed by atoms with Gasteiger partial charge in [-0.2, -0.15) is 0 Å². The Morgan fingerprint density at radius 1 is 0.714 bits per heavy atom. The molecule has 4 heteroatoms. The van der Waals surface area contributed by atoms with E-state index in [1.165, 1.54) is 0 Å². The Bertz CT molecular complexity index is 182. The van der Waals surface area contributed by atoms with E-state index in [0.717, 1.165) is 34.2 Å². The zero-order chi connectivity index (χ0) is 10.7. The van der Waals surface area contributed by atoms with Gasteiger partial charge >= 0.3 is 0 Å². The molecule has 0 atom stereocenters. The molecular weight excluding hydrogens is 440 g/mol. The third-order valence-electron chi connectivity index (χ3n) is 3.33. The lowest BCUT2D eigenvalue weighted by Gasteiger charge is -2.49. The standard InChI is InChI=1S/C10H14Br4/c11-5-9(6-12)3-1-2-4-10(9,7-13)8-14/h1-2H,3-8H2. The minimum absolute atomic E-state index is 0.328. The molecule has 14 heavy (non-hydrogen) atoms. The van der Waals surface area contributed by atoms with Crippen LogP contribution in [-0.4, -0.2) is 21.3 Å². The summed E-state index contributed by atoms with van der Waals surface area (Å²) in [5.41, 5.74) is 0.656. The fraction of sp³-hybridized carbons (Fsp3) is 0.800. The minimum Gasteiger partial charge on any atom is -0.0921 e. The maximum absolute atomic E-state index is 3.68. The summed E-state index contributed by atoms with van der Waals surface area (Å²) in [4.78, 5) is 0. The van der Waals surface area contributed by atoms with E-state index in [0.29, 0.717) is 10.8 Å². The monoisotopic (exact) mass is 450 g/mol. The van der Waals surface area contributed by atoms with Gasteiger partial charge in [-0.1, -0.05) is 75.9 Å². The maximum Gasteiger partial charge on any atom is 0.0105 e. The van der Waals surface area contributed by atoms with E-state index in [9.17, 15) is 0 Å². The molecule has 0 heterocycles. The Kier molecular flexibility index (Phi) is 5.72. The van der Waals surface area contributed by atoms with Crippen LogP contribution >= 0.6 is 63.7 Å². The molecule has 0 radical (unpaired) electrons. The lowest BCUT2D eigenvalue weighted by molar-refractivity contribution is 0.135. The summed E-state index contributed by atoms with van der Waals surface area (Å²) in [6, 6.07) is 0. The Morgan fingerprint density at radius 3 is 1.21 bits per heavy atom. The molecule has 0 amide bonds. The largest absolute Gasteiger partial charge is 0.0921 e. The summed E-state index contributed by atoms with van der Waals surface area (Å²) in [5, 5.41) is 4.19. The fourth-order valence-electron chi connectivity index (χ4n) is 1.91. The Hall–Kier alpha value is 1.66. The molecule has 0 aliphatic heterocycles. The molecule has 0 nitrogen and oxygen atoms in total. The van der Waals surface area contributed by atoms with Gasteiger partial charge in [0.25, 0.3) is 0 Å². The van der Waals surface area contributed by atoms with Crippen LogP contribution in [0, 0.1) is 10.8 Å². The number of allylic oxidation sites excluding steroid dienone is 2. The summed E-state index contributed by atoms with van der Waals surface area (Å²) in [6.45, 7) is 0. The van der Waals surface area contributed by atoms with Gasteiger partial charge in [-0.05, 0) is 12.8 Å². The van der Waals surface area contributed by atoms with E-state index in [2.05, 4.69) is 75.9 Å². The molecule has 0 aromatic heterocycles. The molecule has 0 bridgehead atoms. The van der Waals surface area contributed by atoms with Crippen LogP contribution in [0.2, 0.25) is 0 Å². The molecule has 0 aromatic carbocycles. The van der Waals surface area contributed by atoms with Crippen molar-refractivity contribution in [3.05, 3.63) is 12.2 Å². The van der Waals surface area contributed by atoms with Gasteiger partial charge in [0.05, 0.1) is 0 Å². The smallest absolute Gasteiger partial charge is 0.0105 e. The molecule has 0 spiro atoms. The summed E-state index contributed by atoms with van der Waals surface area (Å²) in [5.74, 6) is 0. The molecule has 1 aliphatic rings. The van der Waals surface area contributed by atoms with Crippen LogP contribution in [0.1, 0.15) is 12.8 Å². The van der Waals surface area contributed by atoms with Gasteiger partial charge < -0.3 is 0 Å². The molecule has 82 valence electrons. The second-order valence-electron chi connectivity index (χ2n) is 3.97. The van der Waals surface area contributed by atoms with Gasteiger partial charge in [-0.3, -0.25) is 0 Å². The summed E-state index contributed by atoms with van der Waals surface area (Å²) >= 11 is 14.7. The van der Waals surface area contributed by atoms with Crippen LogP contribution in [-0.2, 0) is 0 Å². The second kappa shape index (κ2) is 5.83. The number of alkyl halides is 4. The second-order valence-corrected chi connectivity index (χ2v) is 6.22. The van der Waals surface area contributed by atoms with Gasteiger partial charge in [0, 0.05) is 32.2 Å². The van der Waals surface area contributed by atoms with Crippen LogP contribution in [0.25, 0.3) is 0 Å². The number of rotatable bonds is 4. The zero-order valence-corrected chi connectivity index (χ0v) is 14.3. The molecule has 0 fully saturated rings. The summed E-state index contributed by atoms with van der Waals surface area (Å²) in [6.07, 6.45) is 6.93. The topological polar surface area (TPSA) is 0 Å². The number of hydrogen-bond acceptors (Lipinski definition) is 0. The van der Waals surface area contributed by atoms with E-state index >= 15 is 0 Å². The molecule has 0 aromatic rings. The van der Waals surface area contributed by atoms with Gasteiger partial charge in [-0.15, -0.1) is 0 Å². The molecule has 0 saturated carbocycles. The molecule has 1 aliphatic carbocycles. The van der Waals surface area contributed by atoms with Gasteiger partial charge in [-0.25, -0.2) is 0 Å². The highest BCUT2D eigenvalue weighted by atomic mass is 79.9. The first-order valence-electron chi connectivity index (χ1n) is 4.59. The van der Waals surface area contributed by atoms with Gasteiger partial charge in [0.2, 0.25) is 0 Å². The van der Waals surface area contributed by atoms with E-state index in [1.54, 1.807) is 0 Å². The van der Waals surface area contributed by atoms with Crippen LogP contribution in [0.5, 0.6) is 0 Å². The predicted molar refractivity (Wildman–Crippen MR) is 78.4 cm³/mol. The van der Waals surface area contributed by atoms with Crippen LogP contribution in [0.4, 0.5) is 0 Å². The first-order valence-corrected chi connectivity index (χ1v) is 9.08. The SMILES string of the molecule is BrCC1(CBr)CC=CCC1(CBr)CBr. The van der Waals surface area contributed by atoms with Crippen LogP contribution in [0.15, 0.2) is 12.2 Å². The van der Waals surface area contributed by atoms with Crippen molar-refractivity contribution < 1.29 is 0 Å². The van der Waals surface area contributed by atoms with E-state index in [-0.39, 0.29) is 0 Å². The molecule has 1 rings (SSSR count). The first kappa shape index (κ1) is 13.7. The van der Waals surface area contributed by atoms with Crippen LogP contribution in [0.3, 0.4) is 0 Å². The quantitative estimate of drug-likeness (QED) is 0.420. The molecule has 0 saturated heterocycles. The number of halogens is 4. The highest BCUT2D eigenvalue weighted by molar-refractivity contribution is 9.10. The summed E-state index contributed by atoms with van der Waals surface area (Å²) in [7, 11) is 0. The van der Waals surface area contributed by atoms with Crippen molar-refractivity contribution in [2.24, 2.45) is 10.8 Å².